The fraction of sp³-hybridized carbons (Fsp3) is 0.122. The number of amides is 2. The predicted molar refractivity (Wildman–Crippen MR) is 188 cm³/mol. The Labute approximate surface area is 292 Å². The molecule has 8 heteroatoms. The van der Waals surface area contributed by atoms with Crippen LogP contribution < -0.4 is 9.64 Å². The number of nitrogens with zero attached hydrogens (tertiary/aromatic N) is 1. The summed E-state index contributed by atoms with van der Waals surface area (Å²) in [5.41, 5.74) is 1.05. The molecule has 1 saturated carbocycles. The van der Waals surface area contributed by atoms with E-state index in [2.05, 4.69) is 0 Å². The maximum atomic E-state index is 16.0. The van der Waals surface area contributed by atoms with Crippen molar-refractivity contribution in [2.24, 2.45) is 11.8 Å². The fourth-order valence-electron chi connectivity index (χ4n) is 8.46. The van der Waals surface area contributed by atoms with Crippen molar-refractivity contribution in [1.29, 1.82) is 0 Å². The van der Waals surface area contributed by atoms with E-state index in [4.69, 9.17) is 27.9 Å². The van der Waals surface area contributed by atoms with E-state index in [1.807, 2.05) is 60.7 Å². The van der Waals surface area contributed by atoms with Gasteiger partial charge in [-0.3, -0.25) is 19.2 Å². The van der Waals surface area contributed by atoms with E-state index in [0.717, 1.165) is 16.0 Å². The summed E-state index contributed by atoms with van der Waals surface area (Å²) in [5.74, 6) is -3.88. The largest absolute Gasteiger partial charge is 0.427 e. The standard InChI is InChI=1S/C41H27Cl2NO5/c1-24(45)49-32-14-8-13-31(23-32)44-37(46)35-36(38(44)47)41(28-17-21-30(43)22-18-28)34(26-11-6-3-7-12-26)33(25-9-4-2-5-10-25)40(35,39(41)48)27-15-19-29(42)20-16-27/h2-23,35-36H,1H3/t35-,36+,40-,41-/m0/s1. The van der Waals surface area contributed by atoms with Crippen molar-refractivity contribution in [3.63, 3.8) is 0 Å². The second-order valence-corrected chi connectivity index (χ2v) is 13.4. The topological polar surface area (TPSA) is 80.8 Å². The molecule has 8 rings (SSSR count). The number of anilines is 1. The van der Waals surface area contributed by atoms with Gasteiger partial charge in [-0.1, -0.05) is 114 Å². The molecule has 6 nitrogen and oxygen atoms in total. The second-order valence-electron chi connectivity index (χ2n) is 12.5. The third kappa shape index (κ3) is 4.27. The molecule has 0 aromatic heterocycles. The minimum absolute atomic E-state index is 0.189. The van der Waals surface area contributed by atoms with Gasteiger partial charge in [-0.2, -0.15) is 0 Å². The number of hydrogen-bond donors (Lipinski definition) is 0. The van der Waals surface area contributed by atoms with E-state index in [-0.39, 0.29) is 17.2 Å². The summed E-state index contributed by atoms with van der Waals surface area (Å²) in [4.78, 5) is 59.2. The molecule has 2 aliphatic carbocycles. The van der Waals surface area contributed by atoms with Crippen molar-refractivity contribution in [2.45, 2.75) is 17.8 Å². The third-order valence-electron chi connectivity index (χ3n) is 10.1. The predicted octanol–water partition coefficient (Wildman–Crippen LogP) is 8.11. The lowest BCUT2D eigenvalue weighted by Crippen LogP contribution is -2.45. The number of rotatable bonds is 6. The first-order valence-electron chi connectivity index (χ1n) is 15.8. The van der Waals surface area contributed by atoms with Gasteiger partial charge in [0.1, 0.15) is 5.75 Å². The molecule has 4 atom stereocenters. The SMILES string of the molecule is CC(=O)Oc1cccc(N2C(=O)[C@@H]3[C@H](C2=O)[C@@]2(c4ccc(Cl)cc4)C(=O)[C@@]3(c3ccc(Cl)cc3)C(c3ccccc3)=C2c2ccccc2)c1. The van der Waals surface area contributed by atoms with Crippen LogP contribution in [0.5, 0.6) is 5.75 Å². The van der Waals surface area contributed by atoms with Gasteiger partial charge in [-0.05, 0) is 69.8 Å². The van der Waals surface area contributed by atoms with E-state index < -0.39 is 40.4 Å². The lowest BCUT2D eigenvalue weighted by molar-refractivity contribution is -0.132. The molecule has 2 fully saturated rings. The number of carbonyl (C=O) groups is 4. The number of fused-ring (bicyclic) bond motifs is 5. The zero-order chi connectivity index (χ0) is 34.1. The van der Waals surface area contributed by atoms with Crippen LogP contribution in [0.3, 0.4) is 0 Å². The smallest absolute Gasteiger partial charge is 0.308 e. The van der Waals surface area contributed by atoms with Crippen LogP contribution in [0, 0.1) is 11.8 Å². The maximum absolute atomic E-state index is 16.0. The van der Waals surface area contributed by atoms with Gasteiger partial charge in [0, 0.05) is 23.0 Å². The summed E-state index contributed by atoms with van der Waals surface area (Å²) in [5, 5.41) is 0.936. The van der Waals surface area contributed by atoms with Gasteiger partial charge in [0.15, 0.2) is 5.78 Å². The Balaban J connectivity index is 1.51. The number of carbonyl (C=O) groups excluding carboxylic acids is 4. The summed E-state index contributed by atoms with van der Waals surface area (Å²) in [6, 6.07) is 39.5. The summed E-state index contributed by atoms with van der Waals surface area (Å²) in [7, 11) is 0. The van der Waals surface area contributed by atoms with Gasteiger partial charge < -0.3 is 4.74 Å². The molecule has 0 unspecified atom stereocenters. The number of allylic oxidation sites excluding steroid dienone is 2. The number of ketones is 1. The van der Waals surface area contributed by atoms with E-state index in [1.54, 1.807) is 66.7 Å². The minimum Gasteiger partial charge on any atom is -0.427 e. The van der Waals surface area contributed by atoms with Crippen LogP contribution in [-0.2, 0) is 30.0 Å². The number of esters is 1. The van der Waals surface area contributed by atoms with Crippen LogP contribution in [0.4, 0.5) is 5.69 Å². The van der Waals surface area contributed by atoms with E-state index >= 15 is 14.4 Å². The average Bonchev–Trinajstić information content (AvgIpc) is 3.61. The monoisotopic (exact) mass is 683 g/mol. The number of Topliss-reactive ketones (excluding diaryl/α,β-unsaturated/α-hetero) is 1. The van der Waals surface area contributed by atoms with Gasteiger partial charge >= 0.3 is 5.97 Å². The second kappa shape index (κ2) is 11.4. The number of benzene rings is 5. The lowest BCUT2D eigenvalue weighted by Gasteiger charge is -2.39. The number of hydrogen-bond acceptors (Lipinski definition) is 5. The zero-order valence-electron chi connectivity index (χ0n) is 26.1. The Kier molecular flexibility index (Phi) is 7.21. The van der Waals surface area contributed by atoms with Crippen LogP contribution in [0.1, 0.15) is 29.2 Å². The molecule has 2 bridgehead atoms. The van der Waals surface area contributed by atoms with Crippen molar-refractivity contribution < 1.29 is 23.9 Å². The highest BCUT2D eigenvalue weighted by Gasteiger charge is 2.82. The molecule has 0 radical (unpaired) electrons. The van der Waals surface area contributed by atoms with Gasteiger partial charge in [0.25, 0.3) is 0 Å². The van der Waals surface area contributed by atoms with E-state index in [1.165, 1.54) is 13.0 Å². The highest BCUT2D eigenvalue weighted by molar-refractivity contribution is 6.39. The Morgan fingerprint density at radius 1 is 0.612 bits per heavy atom. The molecule has 49 heavy (non-hydrogen) atoms. The molecule has 1 saturated heterocycles. The highest BCUT2D eigenvalue weighted by Crippen LogP contribution is 2.74. The van der Waals surface area contributed by atoms with Crippen LogP contribution >= 0.6 is 23.2 Å². The van der Waals surface area contributed by atoms with Crippen molar-refractivity contribution in [3.8, 4) is 5.75 Å². The molecule has 0 spiro atoms. The van der Waals surface area contributed by atoms with Crippen molar-refractivity contribution >= 4 is 63.6 Å². The summed E-state index contributed by atoms with van der Waals surface area (Å²) < 4.78 is 5.33. The van der Waals surface area contributed by atoms with Crippen LogP contribution in [0.15, 0.2) is 133 Å². The fourth-order valence-corrected chi connectivity index (χ4v) is 8.72. The Hall–Kier alpha value is -5.30. The summed E-state index contributed by atoms with van der Waals surface area (Å²) >= 11 is 12.8. The quantitative estimate of drug-likeness (QED) is 0.103. The van der Waals surface area contributed by atoms with Crippen molar-refractivity contribution in [1.82, 2.24) is 0 Å². The average molecular weight is 685 g/mol. The van der Waals surface area contributed by atoms with E-state index in [0.29, 0.717) is 32.3 Å². The Bertz CT molecular complexity index is 2090. The van der Waals surface area contributed by atoms with Gasteiger partial charge in [-0.15, -0.1) is 0 Å². The first-order valence-corrected chi connectivity index (χ1v) is 16.6. The molecule has 5 aromatic rings. The summed E-state index contributed by atoms with van der Waals surface area (Å²) in [6.07, 6.45) is 0. The molecule has 1 aliphatic heterocycles. The summed E-state index contributed by atoms with van der Waals surface area (Å²) in [6.45, 7) is 1.28. The maximum Gasteiger partial charge on any atom is 0.308 e. The van der Waals surface area contributed by atoms with Crippen molar-refractivity contribution in [3.05, 3.63) is 166 Å². The molecule has 5 aromatic carbocycles. The molecule has 1 heterocycles. The molecule has 2 amide bonds. The number of halogens is 2. The molecular weight excluding hydrogens is 657 g/mol. The van der Waals surface area contributed by atoms with Crippen LogP contribution in [-0.4, -0.2) is 23.6 Å². The van der Waals surface area contributed by atoms with E-state index in [9.17, 15) is 4.79 Å². The first kappa shape index (κ1) is 31.0. The highest BCUT2D eigenvalue weighted by atomic mass is 35.5. The Morgan fingerprint density at radius 3 is 1.49 bits per heavy atom. The zero-order valence-corrected chi connectivity index (χ0v) is 27.6. The van der Waals surface area contributed by atoms with Gasteiger partial charge in [0.05, 0.1) is 28.4 Å². The molecule has 3 aliphatic rings. The van der Waals surface area contributed by atoms with Crippen LogP contribution in [0.25, 0.3) is 11.1 Å². The normalized spacial score (nSPS) is 24.1. The van der Waals surface area contributed by atoms with Crippen molar-refractivity contribution in [2.75, 3.05) is 4.90 Å². The minimum atomic E-state index is -1.59. The molecule has 0 N–H and O–H groups in total. The van der Waals surface area contributed by atoms with Gasteiger partial charge in [-0.25, -0.2) is 4.90 Å². The molecule has 240 valence electrons. The lowest BCUT2D eigenvalue weighted by atomic mass is 9.59. The third-order valence-corrected chi connectivity index (χ3v) is 10.6. The number of ether oxygens (including phenoxy) is 1. The van der Waals surface area contributed by atoms with Gasteiger partial charge in [0.2, 0.25) is 11.8 Å². The van der Waals surface area contributed by atoms with Crippen LogP contribution in [0.2, 0.25) is 10.0 Å². The first-order chi connectivity index (χ1) is 23.7. The number of imide groups is 1. The molecular formula is C41H27Cl2NO5. The Morgan fingerprint density at radius 2 is 1.06 bits per heavy atom.